The Bertz CT molecular complexity index is 325. The second-order valence-corrected chi connectivity index (χ2v) is 3.00. The van der Waals surface area contributed by atoms with Gasteiger partial charge < -0.3 is 15.2 Å². The van der Waals surface area contributed by atoms with Crippen LogP contribution >= 0.6 is 0 Å². The first-order valence-electron chi connectivity index (χ1n) is 4.90. The second-order valence-electron chi connectivity index (χ2n) is 3.00. The molecule has 4 nitrogen and oxygen atoms in total. The number of nitrogens with one attached hydrogen (secondary N) is 1. The summed E-state index contributed by atoms with van der Waals surface area (Å²) in [6.07, 6.45) is 0.446. The van der Waals surface area contributed by atoms with Gasteiger partial charge in [0.15, 0.2) is 0 Å². The Labute approximate surface area is 88.9 Å². The van der Waals surface area contributed by atoms with Gasteiger partial charge in [-0.05, 0) is 12.1 Å². The Balaban J connectivity index is 2.61. The molecule has 0 bridgehead atoms. The van der Waals surface area contributed by atoms with Gasteiger partial charge in [-0.15, -0.1) is 0 Å². The van der Waals surface area contributed by atoms with E-state index in [2.05, 4.69) is 5.32 Å². The van der Waals surface area contributed by atoms with E-state index in [1.807, 2.05) is 0 Å². The highest BCUT2D eigenvalue weighted by molar-refractivity contribution is 5.90. The van der Waals surface area contributed by atoms with Crippen molar-refractivity contribution in [3.8, 4) is 5.75 Å². The minimum Gasteiger partial charge on any atom is -0.491 e. The highest BCUT2D eigenvalue weighted by Crippen LogP contribution is 2.17. The molecule has 1 amide bonds. The van der Waals surface area contributed by atoms with Gasteiger partial charge in [0.25, 0.3) is 0 Å². The molecule has 82 valence electrons. The van der Waals surface area contributed by atoms with Crippen molar-refractivity contribution in [2.24, 2.45) is 0 Å². The molecule has 0 saturated carbocycles. The van der Waals surface area contributed by atoms with E-state index in [0.717, 1.165) is 0 Å². The van der Waals surface area contributed by atoms with Gasteiger partial charge in [-0.25, -0.2) is 0 Å². The number of hydrogen-bond donors (Lipinski definition) is 2. The van der Waals surface area contributed by atoms with E-state index < -0.39 is 0 Å². The average molecular weight is 209 g/mol. The van der Waals surface area contributed by atoms with Crippen LogP contribution in [-0.2, 0) is 4.79 Å². The van der Waals surface area contributed by atoms with Crippen LogP contribution < -0.4 is 10.1 Å². The van der Waals surface area contributed by atoms with Gasteiger partial charge in [0.1, 0.15) is 12.4 Å². The predicted octanol–water partition coefficient (Wildman–Crippen LogP) is 1.41. The molecule has 1 rings (SSSR count). The zero-order valence-electron chi connectivity index (χ0n) is 8.69. The molecule has 1 aromatic rings. The lowest BCUT2D eigenvalue weighted by molar-refractivity contribution is -0.115. The number of aliphatic hydroxyl groups excluding tert-OH is 1. The molecule has 0 heterocycles. The maximum atomic E-state index is 11.1. The van der Waals surface area contributed by atoms with Gasteiger partial charge in [-0.1, -0.05) is 13.0 Å². The fourth-order valence-electron chi connectivity index (χ4n) is 1.08. The first kappa shape index (κ1) is 11.5. The lowest BCUT2D eigenvalue weighted by Gasteiger charge is -2.07. The monoisotopic (exact) mass is 209 g/mol. The van der Waals surface area contributed by atoms with Gasteiger partial charge in [-0.3, -0.25) is 4.79 Å². The molecule has 0 unspecified atom stereocenters. The van der Waals surface area contributed by atoms with Gasteiger partial charge in [0, 0.05) is 18.2 Å². The summed E-state index contributed by atoms with van der Waals surface area (Å²) in [6, 6.07) is 7.08. The molecule has 0 aliphatic heterocycles. The summed E-state index contributed by atoms with van der Waals surface area (Å²) >= 11 is 0. The number of amides is 1. The molecule has 0 saturated heterocycles. The van der Waals surface area contributed by atoms with Crippen LogP contribution in [0.5, 0.6) is 5.75 Å². The third-order valence-electron chi connectivity index (χ3n) is 1.80. The predicted molar refractivity (Wildman–Crippen MR) is 57.9 cm³/mol. The van der Waals surface area contributed by atoms with Crippen molar-refractivity contribution in [1.82, 2.24) is 0 Å². The van der Waals surface area contributed by atoms with Crippen LogP contribution in [-0.4, -0.2) is 24.2 Å². The van der Waals surface area contributed by atoms with Crippen LogP contribution in [0.4, 0.5) is 5.69 Å². The van der Waals surface area contributed by atoms with E-state index in [-0.39, 0.29) is 19.1 Å². The van der Waals surface area contributed by atoms with Crippen LogP contribution in [0.15, 0.2) is 24.3 Å². The van der Waals surface area contributed by atoms with Gasteiger partial charge >= 0.3 is 0 Å². The summed E-state index contributed by atoms with van der Waals surface area (Å²) in [5.74, 6) is 0.604. The molecule has 0 radical (unpaired) electrons. The molecule has 4 heteroatoms. The maximum absolute atomic E-state index is 11.1. The number of carbonyl (C=O) groups excluding carboxylic acids is 1. The van der Waals surface area contributed by atoms with Gasteiger partial charge in [0.2, 0.25) is 5.91 Å². The van der Waals surface area contributed by atoms with Crippen molar-refractivity contribution in [2.45, 2.75) is 13.3 Å². The van der Waals surface area contributed by atoms with Crippen LogP contribution in [0.2, 0.25) is 0 Å². The first-order valence-corrected chi connectivity index (χ1v) is 4.90. The Morgan fingerprint density at radius 3 is 3.00 bits per heavy atom. The van der Waals surface area contributed by atoms with Crippen molar-refractivity contribution in [3.63, 3.8) is 0 Å². The molecule has 15 heavy (non-hydrogen) atoms. The molecule has 0 spiro atoms. The normalized spacial score (nSPS) is 9.73. The SMILES string of the molecule is CCC(=O)Nc1cccc(OCCO)c1. The quantitative estimate of drug-likeness (QED) is 0.770. The number of rotatable bonds is 5. The lowest BCUT2D eigenvalue weighted by Crippen LogP contribution is -2.09. The molecule has 0 aliphatic carbocycles. The molecule has 0 fully saturated rings. The van der Waals surface area contributed by atoms with Crippen molar-refractivity contribution >= 4 is 11.6 Å². The number of carbonyl (C=O) groups is 1. The molecule has 0 aliphatic rings. The topological polar surface area (TPSA) is 58.6 Å². The van der Waals surface area contributed by atoms with E-state index in [9.17, 15) is 4.79 Å². The smallest absolute Gasteiger partial charge is 0.224 e. The molecular weight excluding hydrogens is 194 g/mol. The van der Waals surface area contributed by atoms with Crippen molar-refractivity contribution in [3.05, 3.63) is 24.3 Å². The minimum absolute atomic E-state index is 0.0223. The number of aliphatic hydroxyl groups is 1. The molecule has 0 atom stereocenters. The Morgan fingerprint density at radius 2 is 2.33 bits per heavy atom. The summed E-state index contributed by atoms with van der Waals surface area (Å²) < 4.78 is 5.21. The third kappa shape index (κ3) is 3.99. The maximum Gasteiger partial charge on any atom is 0.224 e. The van der Waals surface area contributed by atoms with E-state index in [1.165, 1.54) is 0 Å². The Morgan fingerprint density at radius 1 is 1.53 bits per heavy atom. The van der Waals surface area contributed by atoms with Crippen molar-refractivity contribution < 1.29 is 14.6 Å². The summed E-state index contributed by atoms with van der Waals surface area (Å²) in [4.78, 5) is 11.1. The minimum atomic E-state index is -0.0330. The van der Waals surface area contributed by atoms with Crippen LogP contribution in [0.1, 0.15) is 13.3 Å². The van der Waals surface area contributed by atoms with Crippen LogP contribution in [0.3, 0.4) is 0 Å². The third-order valence-corrected chi connectivity index (χ3v) is 1.80. The zero-order valence-corrected chi connectivity index (χ0v) is 8.69. The highest BCUT2D eigenvalue weighted by Gasteiger charge is 2.00. The fourth-order valence-corrected chi connectivity index (χ4v) is 1.08. The molecule has 1 aromatic carbocycles. The fraction of sp³-hybridized carbons (Fsp3) is 0.364. The zero-order chi connectivity index (χ0) is 11.1. The summed E-state index contributed by atoms with van der Waals surface area (Å²) in [7, 11) is 0. The summed E-state index contributed by atoms with van der Waals surface area (Å²) in [6.45, 7) is 2.03. The molecular formula is C11H15NO3. The standard InChI is InChI=1S/C11H15NO3/c1-2-11(14)12-9-4-3-5-10(8-9)15-7-6-13/h3-5,8,13H,2,6-7H2,1H3,(H,12,14). The first-order chi connectivity index (χ1) is 7.26. The van der Waals surface area contributed by atoms with E-state index in [4.69, 9.17) is 9.84 Å². The van der Waals surface area contributed by atoms with Crippen molar-refractivity contribution in [2.75, 3.05) is 18.5 Å². The van der Waals surface area contributed by atoms with Crippen molar-refractivity contribution in [1.29, 1.82) is 0 Å². The van der Waals surface area contributed by atoms with E-state index in [1.54, 1.807) is 31.2 Å². The van der Waals surface area contributed by atoms with Crippen LogP contribution in [0, 0.1) is 0 Å². The summed E-state index contributed by atoms with van der Waals surface area (Å²) in [5, 5.41) is 11.3. The van der Waals surface area contributed by atoms with Gasteiger partial charge in [-0.2, -0.15) is 0 Å². The second kappa shape index (κ2) is 6.03. The lowest BCUT2D eigenvalue weighted by atomic mass is 10.3. The van der Waals surface area contributed by atoms with Crippen LogP contribution in [0.25, 0.3) is 0 Å². The highest BCUT2D eigenvalue weighted by atomic mass is 16.5. The van der Waals surface area contributed by atoms with Gasteiger partial charge in [0.05, 0.1) is 6.61 Å². The number of hydrogen-bond acceptors (Lipinski definition) is 3. The number of anilines is 1. The van der Waals surface area contributed by atoms with E-state index >= 15 is 0 Å². The number of ether oxygens (including phenoxy) is 1. The van der Waals surface area contributed by atoms with E-state index in [0.29, 0.717) is 17.9 Å². The molecule has 2 N–H and O–H groups in total. The largest absolute Gasteiger partial charge is 0.491 e. The molecule has 0 aromatic heterocycles. The Kier molecular flexibility index (Phi) is 4.63. The summed E-state index contributed by atoms with van der Waals surface area (Å²) in [5.41, 5.74) is 0.706. The average Bonchev–Trinajstić information content (AvgIpc) is 2.26. The number of benzene rings is 1. The Hall–Kier alpha value is -1.55.